The molecule has 0 aliphatic rings. The van der Waals surface area contributed by atoms with E-state index in [-0.39, 0.29) is 5.38 Å². The van der Waals surface area contributed by atoms with Crippen molar-refractivity contribution >= 4 is 29.2 Å². The molecule has 5 heteroatoms. The second-order valence-electron chi connectivity index (χ2n) is 2.74. The molecule has 0 radical (unpaired) electrons. The maximum Gasteiger partial charge on any atom is 0.300 e. The molecule has 0 aliphatic carbocycles. The van der Waals surface area contributed by atoms with Crippen molar-refractivity contribution in [2.24, 2.45) is 5.73 Å². The van der Waals surface area contributed by atoms with Gasteiger partial charge >= 0.3 is 0 Å². The summed E-state index contributed by atoms with van der Waals surface area (Å²) in [5.41, 5.74) is 6.28. The number of carbonyl (C=O) groups is 1. The molecule has 3 N–H and O–H groups in total. The van der Waals surface area contributed by atoms with Gasteiger partial charge in [-0.2, -0.15) is 0 Å². The van der Waals surface area contributed by atoms with Crippen molar-refractivity contribution in [3.63, 3.8) is 0 Å². The van der Waals surface area contributed by atoms with E-state index >= 15 is 0 Å². The molecule has 0 aromatic heterocycles. The van der Waals surface area contributed by atoms with Crippen molar-refractivity contribution in [2.75, 3.05) is 6.54 Å². The maximum atomic E-state index is 9.00. The number of hydrogen-bond donors (Lipinski definition) is 2. The lowest BCUT2D eigenvalue weighted by molar-refractivity contribution is -0.134. The van der Waals surface area contributed by atoms with Gasteiger partial charge in [0.25, 0.3) is 5.97 Å². The molecule has 0 saturated heterocycles. The van der Waals surface area contributed by atoms with Gasteiger partial charge in [-0.05, 0) is 11.6 Å². The molecule has 0 aliphatic heterocycles. The first-order chi connectivity index (χ1) is 6.99. The van der Waals surface area contributed by atoms with Crippen LogP contribution in [0.15, 0.2) is 24.3 Å². The van der Waals surface area contributed by atoms with E-state index in [1.807, 2.05) is 24.3 Å². The van der Waals surface area contributed by atoms with Crippen molar-refractivity contribution in [3.8, 4) is 0 Å². The second kappa shape index (κ2) is 7.51. The van der Waals surface area contributed by atoms with Gasteiger partial charge in [0.2, 0.25) is 0 Å². The van der Waals surface area contributed by atoms with Gasteiger partial charge in [0.15, 0.2) is 0 Å². The fraction of sp³-hybridized carbons (Fsp3) is 0.300. The molecule has 0 saturated carbocycles. The van der Waals surface area contributed by atoms with Crippen LogP contribution in [0.3, 0.4) is 0 Å². The zero-order valence-corrected chi connectivity index (χ0v) is 9.79. The number of rotatable bonds is 2. The summed E-state index contributed by atoms with van der Waals surface area (Å²) in [6.07, 6.45) is 0. The molecule has 15 heavy (non-hydrogen) atoms. The number of halogens is 2. The lowest BCUT2D eigenvalue weighted by Crippen LogP contribution is -2.06. The standard InChI is InChI=1S/C8H9Cl2N.C2H4O2/c9-7-4-2-1-3-6(7)8(10)5-11;1-2(3)4/h1-4,8H,5,11H2;1H3,(H,3,4). The Hall–Kier alpha value is -0.770. The first-order valence-corrected chi connectivity index (χ1v) is 5.08. The lowest BCUT2D eigenvalue weighted by atomic mass is 10.1. The van der Waals surface area contributed by atoms with Crippen LogP contribution in [0.25, 0.3) is 0 Å². The molecule has 0 bridgehead atoms. The highest BCUT2D eigenvalue weighted by atomic mass is 35.5. The Morgan fingerprint density at radius 3 is 2.40 bits per heavy atom. The summed E-state index contributed by atoms with van der Waals surface area (Å²) in [6.45, 7) is 1.49. The number of hydrogen-bond acceptors (Lipinski definition) is 2. The Labute approximate surface area is 98.8 Å². The second-order valence-corrected chi connectivity index (χ2v) is 3.68. The molecular weight excluding hydrogens is 237 g/mol. The predicted octanol–water partition coefficient (Wildman–Crippen LogP) is 2.67. The number of carboxylic acid groups (broad SMARTS) is 1. The Morgan fingerprint density at radius 2 is 2.00 bits per heavy atom. The highest BCUT2D eigenvalue weighted by molar-refractivity contribution is 6.32. The predicted molar refractivity (Wildman–Crippen MR) is 62.4 cm³/mol. The molecule has 0 spiro atoms. The smallest absolute Gasteiger partial charge is 0.300 e. The van der Waals surface area contributed by atoms with Crippen LogP contribution >= 0.6 is 23.2 Å². The third kappa shape index (κ3) is 6.33. The van der Waals surface area contributed by atoms with Gasteiger partial charge in [0.1, 0.15) is 0 Å². The van der Waals surface area contributed by atoms with Crippen LogP contribution in [0.5, 0.6) is 0 Å². The Balaban J connectivity index is 0.000000423. The Morgan fingerprint density at radius 1 is 1.53 bits per heavy atom. The molecule has 0 amide bonds. The molecule has 3 nitrogen and oxygen atoms in total. The lowest BCUT2D eigenvalue weighted by Gasteiger charge is -2.07. The van der Waals surface area contributed by atoms with Gasteiger partial charge in [0, 0.05) is 18.5 Å². The van der Waals surface area contributed by atoms with Gasteiger partial charge in [-0.15, -0.1) is 11.6 Å². The number of nitrogens with two attached hydrogens (primary N) is 1. The maximum absolute atomic E-state index is 9.00. The summed E-state index contributed by atoms with van der Waals surface area (Å²) in [5, 5.41) is 7.92. The van der Waals surface area contributed by atoms with Crippen molar-refractivity contribution < 1.29 is 9.90 Å². The minimum absolute atomic E-state index is 0.177. The van der Waals surface area contributed by atoms with E-state index in [2.05, 4.69) is 0 Å². The van der Waals surface area contributed by atoms with Crippen molar-refractivity contribution in [3.05, 3.63) is 34.9 Å². The van der Waals surface area contributed by atoms with Crippen LogP contribution in [-0.4, -0.2) is 17.6 Å². The van der Waals surface area contributed by atoms with E-state index in [4.69, 9.17) is 38.8 Å². The van der Waals surface area contributed by atoms with E-state index in [0.717, 1.165) is 12.5 Å². The van der Waals surface area contributed by atoms with Crippen molar-refractivity contribution in [1.82, 2.24) is 0 Å². The quantitative estimate of drug-likeness (QED) is 0.793. The van der Waals surface area contributed by atoms with Crippen LogP contribution in [0, 0.1) is 0 Å². The number of aliphatic carboxylic acids is 1. The molecule has 1 aromatic rings. The Kier molecular flexibility index (Phi) is 7.13. The molecule has 1 aromatic carbocycles. The van der Waals surface area contributed by atoms with Crippen molar-refractivity contribution in [2.45, 2.75) is 12.3 Å². The Bertz CT molecular complexity index is 314. The third-order valence-electron chi connectivity index (χ3n) is 1.45. The summed E-state index contributed by atoms with van der Waals surface area (Å²) in [7, 11) is 0. The average Bonchev–Trinajstić information content (AvgIpc) is 2.16. The molecule has 1 unspecified atom stereocenters. The number of alkyl halides is 1. The van der Waals surface area contributed by atoms with Crippen LogP contribution in [0.2, 0.25) is 5.02 Å². The van der Waals surface area contributed by atoms with E-state index in [0.29, 0.717) is 11.6 Å². The normalized spacial score (nSPS) is 11.2. The van der Waals surface area contributed by atoms with E-state index in [1.54, 1.807) is 0 Å². The van der Waals surface area contributed by atoms with Gasteiger partial charge in [-0.3, -0.25) is 4.79 Å². The monoisotopic (exact) mass is 249 g/mol. The highest BCUT2D eigenvalue weighted by Crippen LogP contribution is 2.25. The molecule has 0 fully saturated rings. The zero-order chi connectivity index (χ0) is 11.8. The SMILES string of the molecule is CC(=O)O.NCC(Cl)c1ccccc1Cl. The summed E-state index contributed by atoms with van der Waals surface area (Å²) >= 11 is 11.7. The number of carboxylic acids is 1. The fourth-order valence-electron chi connectivity index (χ4n) is 0.856. The van der Waals surface area contributed by atoms with Gasteiger partial charge in [0.05, 0.1) is 5.38 Å². The third-order valence-corrected chi connectivity index (χ3v) is 2.21. The van der Waals surface area contributed by atoms with E-state index in [1.165, 1.54) is 0 Å². The van der Waals surface area contributed by atoms with Crippen LogP contribution < -0.4 is 5.73 Å². The van der Waals surface area contributed by atoms with Gasteiger partial charge in [-0.25, -0.2) is 0 Å². The van der Waals surface area contributed by atoms with Crippen LogP contribution in [-0.2, 0) is 4.79 Å². The molecule has 1 rings (SSSR count). The summed E-state index contributed by atoms with van der Waals surface area (Å²) < 4.78 is 0. The molecule has 84 valence electrons. The van der Waals surface area contributed by atoms with Gasteiger partial charge < -0.3 is 10.8 Å². The minimum Gasteiger partial charge on any atom is -0.481 e. The molecular formula is C10H13Cl2NO2. The summed E-state index contributed by atoms with van der Waals surface area (Å²) in [6, 6.07) is 7.45. The first-order valence-electron chi connectivity index (χ1n) is 4.27. The largest absolute Gasteiger partial charge is 0.481 e. The van der Waals surface area contributed by atoms with Gasteiger partial charge in [-0.1, -0.05) is 29.8 Å². The zero-order valence-electron chi connectivity index (χ0n) is 8.28. The van der Waals surface area contributed by atoms with Crippen LogP contribution in [0.1, 0.15) is 17.9 Å². The molecule has 1 atom stereocenters. The minimum atomic E-state index is -0.833. The average molecular weight is 250 g/mol. The first kappa shape index (κ1) is 14.2. The number of benzene rings is 1. The topological polar surface area (TPSA) is 63.3 Å². The van der Waals surface area contributed by atoms with Crippen molar-refractivity contribution in [1.29, 1.82) is 0 Å². The summed E-state index contributed by atoms with van der Waals surface area (Å²) in [5.74, 6) is -0.833. The van der Waals surface area contributed by atoms with E-state index < -0.39 is 5.97 Å². The molecule has 0 heterocycles. The highest BCUT2D eigenvalue weighted by Gasteiger charge is 2.07. The fourth-order valence-corrected chi connectivity index (χ4v) is 1.37. The van der Waals surface area contributed by atoms with Crippen LogP contribution in [0.4, 0.5) is 0 Å². The van der Waals surface area contributed by atoms with E-state index in [9.17, 15) is 0 Å². The summed E-state index contributed by atoms with van der Waals surface area (Å²) in [4.78, 5) is 9.00.